The second kappa shape index (κ2) is 5.43. The Kier molecular flexibility index (Phi) is 3.89. The first kappa shape index (κ1) is 13.6. The maximum absolute atomic E-state index is 11.5. The summed E-state index contributed by atoms with van der Waals surface area (Å²) in [6, 6.07) is 0. The van der Waals surface area contributed by atoms with E-state index in [1.165, 1.54) is 18.1 Å². The van der Waals surface area contributed by atoms with Gasteiger partial charge in [-0.15, -0.1) is 5.10 Å². The molecule has 7 nitrogen and oxygen atoms in total. The number of nitrogens with two attached hydrogens (primary N) is 1. The predicted molar refractivity (Wildman–Crippen MR) is 73.2 cm³/mol. The molecule has 0 atom stereocenters. The summed E-state index contributed by atoms with van der Waals surface area (Å²) in [5, 5.41) is 7.74. The van der Waals surface area contributed by atoms with E-state index in [-0.39, 0.29) is 11.6 Å². The fourth-order valence-corrected chi connectivity index (χ4v) is 2.90. The Bertz CT molecular complexity index is 632. The SMILES string of the molecule is CCn1c(Sc2ncnc(N)c2C(C)C)n[nH]c1=O. The average Bonchev–Trinajstić information content (AvgIpc) is 2.69. The van der Waals surface area contributed by atoms with Gasteiger partial charge < -0.3 is 5.73 Å². The highest BCUT2D eigenvalue weighted by Crippen LogP contribution is 2.32. The summed E-state index contributed by atoms with van der Waals surface area (Å²) >= 11 is 1.32. The summed E-state index contributed by atoms with van der Waals surface area (Å²) < 4.78 is 1.55. The third-order valence-electron chi connectivity index (χ3n) is 2.68. The molecule has 0 spiro atoms. The Hall–Kier alpha value is -1.83. The van der Waals surface area contributed by atoms with E-state index in [2.05, 4.69) is 20.2 Å². The molecule has 0 aliphatic carbocycles. The number of rotatable bonds is 4. The van der Waals surface area contributed by atoms with Crippen LogP contribution in [0.5, 0.6) is 0 Å². The van der Waals surface area contributed by atoms with Gasteiger partial charge >= 0.3 is 5.69 Å². The third-order valence-corrected chi connectivity index (χ3v) is 3.70. The molecule has 0 unspecified atom stereocenters. The summed E-state index contributed by atoms with van der Waals surface area (Å²) in [6.45, 7) is 6.49. The molecule has 2 aromatic heterocycles. The van der Waals surface area contributed by atoms with Gasteiger partial charge in [-0.05, 0) is 24.6 Å². The number of hydrogen-bond acceptors (Lipinski definition) is 6. The van der Waals surface area contributed by atoms with E-state index in [1.807, 2.05) is 20.8 Å². The molecule has 2 heterocycles. The first-order valence-corrected chi connectivity index (χ1v) is 6.79. The molecule has 0 saturated carbocycles. The molecule has 0 amide bonds. The van der Waals surface area contributed by atoms with Gasteiger partial charge in [0.2, 0.25) is 0 Å². The van der Waals surface area contributed by atoms with Gasteiger partial charge in [0, 0.05) is 12.1 Å². The van der Waals surface area contributed by atoms with E-state index in [1.54, 1.807) is 4.57 Å². The Labute approximate surface area is 114 Å². The number of nitrogens with one attached hydrogen (secondary N) is 1. The number of aromatic amines is 1. The van der Waals surface area contributed by atoms with Crippen molar-refractivity contribution in [3.05, 3.63) is 22.4 Å². The number of anilines is 1. The molecule has 0 saturated heterocycles. The van der Waals surface area contributed by atoms with Crippen LogP contribution in [0.1, 0.15) is 32.3 Å². The standard InChI is InChI=1S/C11H16N6OS/c1-4-17-10(18)15-16-11(17)19-9-7(6(2)3)8(12)13-5-14-9/h5-6H,4H2,1-3H3,(H,15,18)(H2,12,13,14). The largest absolute Gasteiger partial charge is 0.383 e. The smallest absolute Gasteiger partial charge is 0.343 e. The second-order valence-electron chi connectivity index (χ2n) is 4.29. The highest BCUT2D eigenvalue weighted by atomic mass is 32.2. The van der Waals surface area contributed by atoms with Crippen molar-refractivity contribution in [3.8, 4) is 0 Å². The van der Waals surface area contributed by atoms with Crippen molar-refractivity contribution in [1.29, 1.82) is 0 Å². The topological polar surface area (TPSA) is 102 Å². The maximum atomic E-state index is 11.5. The van der Waals surface area contributed by atoms with Gasteiger partial charge in [0.15, 0.2) is 5.16 Å². The van der Waals surface area contributed by atoms with E-state index < -0.39 is 0 Å². The Morgan fingerprint density at radius 2 is 2.21 bits per heavy atom. The molecule has 3 N–H and O–H groups in total. The number of aromatic nitrogens is 5. The molecule has 2 rings (SSSR count). The zero-order valence-electron chi connectivity index (χ0n) is 11.0. The monoisotopic (exact) mass is 280 g/mol. The van der Waals surface area contributed by atoms with Crippen molar-refractivity contribution in [2.75, 3.05) is 5.73 Å². The first-order chi connectivity index (χ1) is 9.04. The van der Waals surface area contributed by atoms with E-state index in [0.717, 1.165) is 10.6 Å². The van der Waals surface area contributed by atoms with Crippen LogP contribution in [0, 0.1) is 0 Å². The molecular formula is C11H16N6OS. The van der Waals surface area contributed by atoms with Crippen molar-refractivity contribution in [2.45, 2.75) is 43.4 Å². The second-order valence-corrected chi connectivity index (χ2v) is 5.25. The van der Waals surface area contributed by atoms with Crippen molar-refractivity contribution in [1.82, 2.24) is 24.7 Å². The molecule has 0 fully saturated rings. The normalized spacial score (nSPS) is 11.2. The molecule has 102 valence electrons. The summed E-state index contributed by atoms with van der Waals surface area (Å²) in [5.74, 6) is 0.665. The van der Waals surface area contributed by atoms with Crippen molar-refractivity contribution < 1.29 is 0 Å². The summed E-state index contributed by atoms with van der Waals surface area (Å²) in [5.41, 5.74) is 6.55. The number of H-pyrrole nitrogens is 1. The van der Waals surface area contributed by atoms with Crippen LogP contribution in [0.15, 0.2) is 21.3 Å². The minimum Gasteiger partial charge on any atom is -0.383 e. The zero-order chi connectivity index (χ0) is 14.0. The van der Waals surface area contributed by atoms with E-state index in [0.29, 0.717) is 17.5 Å². The average molecular weight is 280 g/mol. The predicted octanol–water partition coefficient (Wildman–Crippen LogP) is 1.24. The molecule has 19 heavy (non-hydrogen) atoms. The number of nitrogen functional groups attached to an aromatic ring is 1. The maximum Gasteiger partial charge on any atom is 0.343 e. The molecule has 2 aromatic rings. The number of hydrogen-bond donors (Lipinski definition) is 2. The minimum absolute atomic E-state index is 0.199. The Morgan fingerprint density at radius 1 is 1.47 bits per heavy atom. The lowest BCUT2D eigenvalue weighted by atomic mass is 10.1. The lowest BCUT2D eigenvalue weighted by Gasteiger charge is -2.12. The van der Waals surface area contributed by atoms with E-state index in [9.17, 15) is 4.79 Å². The van der Waals surface area contributed by atoms with E-state index in [4.69, 9.17) is 5.73 Å². The Morgan fingerprint density at radius 3 is 2.84 bits per heavy atom. The fraction of sp³-hybridized carbons (Fsp3) is 0.455. The third kappa shape index (κ3) is 2.62. The molecule has 0 aliphatic heterocycles. The van der Waals surface area contributed by atoms with Crippen LogP contribution in [0.4, 0.5) is 5.82 Å². The van der Waals surface area contributed by atoms with Gasteiger partial charge in [-0.2, -0.15) is 0 Å². The summed E-state index contributed by atoms with van der Waals surface area (Å²) in [6.07, 6.45) is 1.42. The molecule has 0 aromatic carbocycles. The van der Waals surface area contributed by atoms with Crippen molar-refractivity contribution in [2.24, 2.45) is 0 Å². The van der Waals surface area contributed by atoms with Gasteiger partial charge in [0.05, 0.1) is 0 Å². The van der Waals surface area contributed by atoms with E-state index >= 15 is 0 Å². The van der Waals surface area contributed by atoms with Crippen LogP contribution in [-0.2, 0) is 6.54 Å². The van der Waals surface area contributed by atoms with Gasteiger partial charge in [0.25, 0.3) is 0 Å². The molecule has 0 bridgehead atoms. The molecule has 0 aliphatic rings. The lowest BCUT2D eigenvalue weighted by Crippen LogP contribution is -2.16. The summed E-state index contributed by atoms with van der Waals surface area (Å²) in [7, 11) is 0. The lowest BCUT2D eigenvalue weighted by molar-refractivity contribution is 0.659. The summed E-state index contributed by atoms with van der Waals surface area (Å²) in [4.78, 5) is 19.8. The highest BCUT2D eigenvalue weighted by Gasteiger charge is 2.17. The van der Waals surface area contributed by atoms with Crippen LogP contribution in [0.25, 0.3) is 0 Å². The van der Waals surface area contributed by atoms with Crippen molar-refractivity contribution >= 4 is 17.6 Å². The van der Waals surface area contributed by atoms with Crippen LogP contribution >= 0.6 is 11.8 Å². The zero-order valence-corrected chi connectivity index (χ0v) is 11.9. The highest BCUT2D eigenvalue weighted by molar-refractivity contribution is 7.99. The minimum atomic E-state index is -0.224. The van der Waals surface area contributed by atoms with Gasteiger partial charge in [-0.1, -0.05) is 13.8 Å². The molecule has 8 heteroatoms. The van der Waals surface area contributed by atoms with Gasteiger partial charge in [-0.3, -0.25) is 4.57 Å². The molecular weight excluding hydrogens is 264 g/mol. The van der Waals surface area contributed by atoms with Crippen LogP contribution in [0.3, 0.4) is 0 Å². The van der Waals surface area contributed by atoms with Crippen LogP contribution < -0.4 is 11.4 Å². The van der Waals surface area contributed by atoms with Gasteiger partial charge in [0.1, 0.15) is 17.2 Å². The molecule has 0 radical (unpaired) electrons. The quantitative estimate of drug-likeness (QED) is 0.817. The fourth-order valence-electron chi connectivity index (χ4n) is 1.76. The number of nitrogens with zero attached hydrogens (tertiary/aromatic N) is 4. The first-order valence-electron chi connectivity index (χ1n) is 5.98. The van der Waals surface area contributed by atoms with Crippen molar-refractivity contribution in [3.63, 3.8) is 0 Å². The van der Waals surface area contributed by atoms with Gasteiger partial charge in [-0.25, -0.2) is 19.9 Å². The van der Waals surface area contributed by atoms with Crippen LogP contribution in [-0.4, -0.2) is 24.7 Å². The van der Waals surface area contributed by atoms with Crippen LogP contribution in [0.2, 0.25) is 0 Å². The Balaban J connectivity index is 2.44.